The number of nitrogens with two attached hydrogens (primary N) is 1. The monoisotopic (exact) mass is 487 g/mol. The highest BCUT2D eigenvalue weighted by Gasteiger charge is 2.38. The number of nitrogens with zero attached hydrogens (tertiary/aromatic N) is 4. The number of likely N-dealkylation sites (tertiary alicyclic amines) is 1. The maximum Gasteiger partial charge on any atom is 0.490 e. The van der Waals surface area contributed by atoms with Gasteiger partial charge in [0.1, 0.15) is 0 Å². The molecule has 190 valence electrons. The van der Waals surface area contributed by atoms with Gasteiger partial charge < -0.3 is 20.6 Å². The number of carbonyl (C=O) groups excluding carboxylic acids is 1. The van der Waals surface area contributed by atoms with Gasteiger partial charge in [-0.05, 0) is 37.5 Å². The summed E-state index contributed by atoms with van der Waals surface area (Å²) in [6.45, 7) is 8.99. The molecule has 0 unspecified atom stereocenters. The average molecular weight is 488 g/mol. The van der Waals surface area contributed by atoms with Gasteiger partial charge in [0.15, 0.2) is 0 Å². The lowest BCUT2D eigenvalue weighted by Gasteiger charge is -2.43. The van der Waals surface area contributed by atoms with Crippen LogP contribution in [0.5, 0.6) is 0 Å². The number of hydrogen-bond acceptors (Lipinski definition) is 8. The topological polar surface area (TPSA) is 112 Å². The van der Waals surface area contributed by atoms with Crippen molar-refractivity contribution in [2.45, 2.75) is 32.0 Å². The predicted molar refractivity (Wildman–Crippen MR) is 122 cm³/mol. The highest BCUT2D eigenvalue weighted by molar-refractivity contribution is 5.80. The minimum atomic E-state index is -5.08. The van der Waals surface area contributed by atoms with E-state index in [0.29, 0.717) is 19.2 Å². The number of ether oxygens (including phenoxy) is 1. The van der Waals surface area contributed by atoms with Crippen molar-refractivity contribution < 1.29 is 32.6 Å². The van der Waals surface area contributed by atoms with Crippen LogP contribution in [0.4, 0.5) is 18.9 Å². The molecular weight excluding hydrogens is 455 g/mol. The molecule has 1 aromatic carbocycles. The van der Waals surface area contributed by atoms with E-state index in [-0.39, 0.29) is 5.97 Å². The Morgan fingerprint density at radius 3 is 2.15 bits per heavy atom. The molecule has 0 aliphatic carbocycles. The maximum atomic E-state index is 11.6. The maximum absolute atomic E-state index is 11.6. The molecule has 0 saturated carbocycles. The highest BCUT2D eigenvalue weighted by atomic mass is 19.4. The number of piperidine rings is 1. The van der Waals surface area contributed by atoms with E-state index in [1.807, 2.05) is 6.92 Å². The highest BCUT2D eigenvalue weighted by Crippen LogP contribution is 2.21. The van der Waals surface area contributed by atoms with Crippen molar-refractivity contribution in [3.05, 3.63) is 29.8 Å². The van der Waals surface area contributed by atoms with E-state index in [1.54, 1.807) is 6.21 Å². The third kappa shape index (κ3) is 8.82. The molecule has 0 aromatic heterocycles. The quantitative estimate of drug-likeness (QED) is 0.270. The number of esters is 1. The van der Waals surface area contributed by atoms with Gasteiger partial charge in [-0.15, -0.1) is 0 Å². The lowest BCUT2D eigenvalue weighted by molar-refractivity contribution is -0.192. The fourth-order valence-corrected chi connectivity index (χ4v) is 4.03. The van der Waals surface area contributed by atoms with Crippen molar-refractivity contribution >= 4 is 23.8 Å². The molecule has 1 aromatic rings. The zero-order valence-corrected chi connectivity index (χ0v) is 19.2. The van der Waals surface area contributed by atoms with Gasteiger partial charge in [-0.25, -0.2) is 4.79 Å². The Morgan fingerprint density at radius 1 is 1.12 bits per heavy atom. The zero-order chi connectivity index (χ0) is 25.1. The minimum absolute atomic E-state index is 0.103. The lowest BCUT2D eigenvalue weighted by Crippen LogP contribution is -2.53. The van der Waals surface area contributed by atoms with Gasteiger partial charge in [0.2, 0.25) is 0 Å². The normalized spacial score (nSPS) is 18.4. The summed E-state index contributed by atoms with van der Waals surface area (Å²) < 4.78 is 36.8. The fraction of sp³-hybridized carbons (Fsp3) is 0.591. The molecule has 0 amide bonds. The first-order valence-corrected chi connectivity index (χ1v) is 11.1. The number of benzene rings is 1. The summed E-state index contributed by atoms with van der Waals surface area (Å²) in [4.78, 5) is 27.8. The molecule has 9 nitrogen and oxygen atoms in total. The van der Waals surface area contributed by atoms with Gasteiger partial charge in [-0.1, -0.05) is 12.1 Å². The van der Waals surface area contributed by atoms with Crippen molar-refractivity contribution in [2.75, 3.05) is 57.3 Å². The first-order chi connectivity index (χ1) is 16.1. The van der Waals surface area contributed by atoms with E-state index in [2.05, 4.69) is 44.1 Å². The van der Waals surface area contributed by atoms with Crippen molar-refractivity contribution in [3.8, 4) is 0 Å². The first kappa shape index (κ1) is 27.4. The van der Waals surface area contributed by atoms with Gasteiger partial charge in [-0.3, -0.25) is 14.6 Å². The van der Waals surface area contributed by atoms with Crippen molar-refractivity contribution in [1.82, 2.24) is 9.80 Å². The van der Waals surface area contributed by atoms with Crippen LogP contribution in [0, 0.1) is 0 Å². The fourth-order valence-electron chi connectivity index (χ4n) is 4.03. The minimum Gasteiger partial charge on any atom is -0.475 e. The van der Waals surface area contributed by atoms with E-state index in [9.17, 15) is 18.0 Å². The second-order valence-corrected chi connectivity index (χ2v) is 8.01. The molecule has 3 N–H and O–H groups in total. The van der Waals surface area contributed by atoms with E-state index in [0.717, 1.165) is 57.7 Å². The molecule has 2 fully saturated rings. The molecular formula is C22H32F3N5O4. The second-order valence-electron chi connectivity index (χ2n) is 8.01. The molecule has 0 bridgehead atoms. The van der Waals surface area contributed by atoms with Crippen LogP contribution in [-0.2, 0) is 14.3 Å². The number of carbonyl (C=O) groups is 2. The number of aliphatic carboxylic acids is 1. The standard InChI is InChI=1S/C20H31N5O2.C2HF3O2/c1-2-27-20(26)16-23-9-7-19(8-10-23)25-13-11-24(12-14-25)18-5-3-17(4-6-18)15-22-21;3-2(4,5)1(6)7/h3-6,15,19H,2,7-14,16,21H2,1H3;(H,6,7). The van der Waals surface area contributed by atoms with E-state index in [1.165, 1.54) is 5.69 Å². The largest absolute Gasteiger partial charge is 0.490 e. The molecule has 12 heteroatoms. The molecule has 2 aliphatic rings. The lowest BCUT2D eigenvalue weighted by atomic mass is 10.0. The molecule has 0 spiro atoms. The van der Waals surface area contributed by atoms with E-state index >= 15 is 0 Å². The van der Waals surface area contributed by atoms with Crippen LogP contribution < -0.4 is 10.7 Å². The Kier molecular flexibility index (Phi) is 10.6. The van der Waals surface area contributed by atoms with E-state index < -0.39 is 12.1 Å². The third-order valence-electron chi connectivity index (χ3n) is 5.77. The summed E-state index contributed by atoms with van der Waals surface area (Å²) >= 11 is 0. The molecule has 2 heterocycles. The number of carboxylic acid groups (broad SMARTS) is 1. The second kappa shape index (κ2) is 13.1. The summed E-state index contributed by atoms with van der Waals surface area (Å²) in [5.74, 6) is 2.34. The van der Waals surface area contributed by atoms with Gasteiger partial charge in [0, 0.05) is 51.0 Å². The van der Waals surface area contributed by atoms with Crippen molar-refractivity contribution in [3.63, 3.8) is 0 Å². The molecule has 34 heavy (non-hydrogen) atoms. The number of anilines is 1. The van der Waals surface area contributed by atoms with Gasteiger partial charge in [0.05, 0.1) is 19.4 Å². The van der Waals surface area contributed by atoms with Crippen LogP contribution in [0.15, 0.2) is 29.4 Å². The number of rotatable bonds is 6. The smallest absolute Gasteiger partial charge is 0.475 e. The van der Waals surface area contributed by atoms with Gasteiger partial charge in [-0.2, -0.15) is 18.3 Å². The summed E-state index contributed by atoms with van der Waals surface area (Å²) in [7, 11) is 0. The number of halogens is 3. The number of hydrogen-bond donors (Lipinski definition) is 2. The Hall–Kier alpha value is -2.86. The average Bonchev–Trinajstić information content (AvgIpc) is 2.80. The predicted octanol–water partition coefficient (Wildman–Crippen LogP) is 1.76. The Bertz CT molecular complexity index is 804. The molecule has 3 rings (SSSR count). The Balaban J connectivity index is 0.000000509. The van der Waals surface area contributed by atoms with Crippen molar-refractivity contribution in [2.24, 2.45) is 10.9 Å². The number of carboxylic acids is 1. The SMILES string of the molecule is CCOC(=O)CN1CCC(N2CCN(c3ccc(C=NN)cc3)CC2)CC1.O=C(O)C(F)(F)F. The summed E-state index contributed by atoms with van der Waals surface area (Å²) in [5.41, 5.74) is 2.28. The summed E-state index contributed by atoms with van der Waals surface area (Å²) in [6.07, 6.45) is -1.16. The Morgan fingerprint density at radius 2 is 1.68 bits per heavy atom. The van der Waals surface area contributed by atoms with Crippen LogP contribution in [0.3, 0.4) is 0 Å². The summed E-state index contributed by atoms with van der Waals surface area (Å²) in [5, 5.41) is 10.7. The van der Waals surface area contributed by atoms with Crippen LogP contribution in [0.2, 0.25) is 0 Å². The third-order valence-corrected chi connectivity index (χ3v) is 5.77. The van der Waals surface area contributed by atoms with Crippen molar-refractivity contribution in [1.29, 1.82) is 0 Å². The molecule has 2 aliphatic heterocycles. The van der Waals surface area contributed by atoms with E-state index in [4.69, 9.17) is 20.5 Å². The number of alkyl halides is 3. The van der Waals surface area contributed by atoms with Crippen LogP contribution >= 0.6 is 0 Å². The molecule has 0 radical (unpaired) electrons. The molecule has 2 saturated heterocycles. The van der Waals surface area contributed by atoms with Crippen LogP contribution in [0.1, 0.15) is 25.3 Å². The first-order valence-electron chi connectivity index (χ1n) is 11.1. The molecule has 0 atom stereocenters. The summed E-state index contributed by atoms with van der Waals surface area (Å²) in [6, 6.07) is 9.02. The van der Waals surface area contributed by atoms with Crippen LogP contribution in [-0.4, -0.2) is 97.7 Å². The number of piperazine rings is 1. The number of hydrazone groups is 1. The Labute approximate surface area is 196 Å². The van der Waals surface area contributed by atoms with Crippen LogP contribution in [0.25, 0.3) is 0 Å². The van der Waals surface area contributed by atoms with Gasteiger partial charge in [0.25, 0.3) is 0 Å². The van der Waals surface area contributed by atoms with Gasteiger partial charge >= 0.3 is 18.1 Å². The zero-order valence-electron chi connectivity index (χ0n) is 19.2.